The quantitative estimate of drug-likeness (QED) is 0.382. The van der Waals surface area contributed by atoms with Gasteiger partial charge < -0.3 is 20.7 Å². The van der Waals surface area contributed by atoms with Crippen LogP contribution in [0.5, 0.6) is 0 Å². The van der Waals surface area contributed by atoms with Crippen LogP contribution in [-0.2, 0) is 19.1 Å². The molecular formula is C23H27ClF2N4O6. The van der Waals surface area contributed by atoms with Crippen molar-refractivity contribution in [3.63, 3.8) is 0 Å². The van der Waals surface area contributed by atoms with E-state index < -0.39 is 60.5 Å². The van der Waals surface area contributed by atoms with E-state index in [1.54, 1.807) is 6.92 Å². The number of carbonyl (C=O) groups is 5. The fourth-order valence-electron chi connectivity index (χ4n) is 4.30. The van der Waals surface area contributed by atoms with Crippen LogP contribution >= 0.6 is 11.6 Å². The van der Waals surface area contributed by atoms with E-state index in [0.29, 0.717) is 6.42 Å². The zero-order valence-corrected chi connectivity index (χ0v) is 20.4. The molecule has 2 fully saturated rings. The standard InChI is InChI=1S/C23H27ClF2N4O6/c1-11-7-12(19(32)28-11)8-17(18(31)21(34)27-2)29-20(33)15-9-13(24)3-4-16(15)30-22(35)36-14-5-6-23(25,26)10-14/h3-4,9,11-12,14,17H,5-8,10H2,1-2H3,(H,27,34)(H,28,32)(H,29,33)(H,30,35)/t11-,12+,14?,17?/m1/s1. The SMILES string of the molecule is CNC(=O)C(=O)C(C[C@@H]1C[C@@H](C)NC1=O)NC(=O)c1cc(Cl)ccc1NC(=O)OC1CCC(F)(F)C1. The van der Waals surface area contributed by atoms with E-state index in [2.05, 4.69) is 21.3 Å². The fourth-order valence-corrected chi connectivity index (χ4v) is 4.48. The molecule has 0 spiro atoms. The molecule has 2 aliphatic rings. The number of ketones is 1. The molecule has 13 heteroatoms. The van der Waals surface area contributed by atoms with Crippen LogP contribution < -0.4 is 21.3 Å². The Kier molecular flexibility index (Phi) is 8.49. The van der Waals surface area contributed by atoms with Gasteiger partial charge in [-0.1, -0.05) is 11.6 Å². The molecule has 4 atom stereocenters. The van der Waals surface area contributed by atoms with E-state index >= 15 is 0 Å². The molecule has 36 heavy (non-hydrogen) atoms. The zero-order valence-electron chi connectivity index (χ0n) is 19.7. The van der Waals surface area contributed by atoms with Crippen LogP contribution in [0.4, 0.5) is 19.3 Å². The summed E-state index contributed by atoms with van der Waals surface area (Å²) in [5.41, 5.74) is -0.208. The van der Waals surface area contributed by atoms with Gasteiger partial charge in [-0.15, -0.1) is 0 Å². The van der Waals surface area contributed by atoms with Crippen molar-refractivity contribution in [2.24, 2.45) is 5.92 Å². The summed E-state index contributed by atoms with van der Waals surface area (Å²) in [5.74, 6) is -6.55. The molecule has 1 saturated heterocycles. The van der Waals surface area contributed by atoms with Crippen LogP contribution in [0, 0.1) is 5.92 Å². The van der Waals surface area contributed by atoms with Crippen molar-refractivity contribution in [1.29, 1.82) is 0 Å². The van der Waals surface area contributed by atoms with Crippen LogP contribution in [0.2, 0.25) is 5.02 Å². The van der Waals surface area contributed by atoms with Gasteiger partial charge in [0.05, 0.1) is 17.3 Å². The summed E-state index contributed by atoms with van der Waals surface area (Å²) < 4.78 is 31.8. The normalized spacial score (nSPS) is 23.4. The van der Waals surface area contributed by atoms with Crippen molar-refractivity contribution in [3.8, 4) is 0 Å². The number of halogens is 3. The molecular weight excluding hydrogens is 502 g/mol. The lowest BCUT2D eigenvalue weighted by molar-refractivity contribution is -0.139. The molecule has 2 unspecified atom stereocenters. The Labute approximate surface area is 210 Å². The third kappa shape index (κ3) is 6.90. The summed E-state index contributed by atoms with van der Waals surface area (Å²) in [6, 6.07) is 2.46. The van der Waals surface area contributed by atoms with Gasteiger partial charge in [0.25, 0.3) is 17.7 Å². The number of hydrogen-bond donors (Lipinski definition) is 4. The molecule has 3 rings (SSSR count). The Bertz CT molecular complexity index is 1070. The van der Waals surface area contributed by atoms with Crippen molar-refractivity contribution in [3.05, 3.63) is 28.8 Å². The number of Topliss-reactive ketones (excluding diaryl/α,β-unsaturated/α-hetero) is 1. The molecule has 1 saturated carbocycles. The first kappa shape index (κ1) is 27.3. The maximum absolute atomic E-state index is 13.4. The Balaban J connectivity index is 1.76. The van der Waals surface area contributed by atoms with E-state index in [1.807, 2.05) is 0 Å². The second kappa shape index (κ2) is 11.2. The zero-order chi connectivity index (χ0) is 26.6. The maximum atomic E-state index is 13.4. The lowest BCUT2D eigenvalue weighted by atomic mass is 9.93. The average Bonchev–Trinajstić information content (AvgIpc) is 3.31. The number of hydrogen-bond acceptors (Lipinski definition) is 6. The van der Waals surface area contributed by atoms with Crippen LogP contribution in [0.15, 0.2) is 18.2 Å². The molecule has 0 radical (unpaired) electrons. The number of likely N-dealkylation sites (N-methyl/N-ethyl adjacent to an activating group) is 1. The highest BCUT2D eigenvalue weighted by Crippen LogP contribution is 2.36. The fraction of sp³-hybridized carbons (Fsp3) is 0.522. The lowest BCUT2D eigenvalue weighted by Crippen LogP contribution is -2.48. The van der Waals surface area contributed by atoms with Crippen LogP contribution in [0.1, 0.15) is 49.4 Å². The number of carbonyl (C=O) groups excluding carboxylic acids is 5. The number of benzene rings is 1. The van der Waals surface area contributed by atoms with Gasteiger partial charge in [-0.25, -0.2) is 13.6 Å². The highest BCUT2D eigenvalue weighted by molar-refractivity contribution is 6.38. The third-order valence-electron chi connectivity index (χ3n) is 6.09. The largest absolute Gasteiger partial charge is 0.446 e. The van der Waals surface area contributed by atoms with E-state index in [0.717, 1.165) is 0 Å². The Morgan fingerprint density at radius 1 is 1.28 bits per heavy atom. The van der Waals surface area contributed by atoms with Crippen molar-refractivity contribution in [1.82, 2.24) is 16.0 Å². The van der Waals surface area contributed by atoms with E-state index in [4.69, 9.17) is 16.3 Å². The van der Waals surface area contributed by atoms with Gasteiger partial charge in [0.2, 0.25) is 11.7 Å². The van der Waals surface area contributed by atoms with Gasteiger partial charge in [0.1, 0.15) is 6.10 Å². The first-order valence-electron chi connectivity index (χ1n) is 11.4. The van der Waals surface area contributed by atoms with E-state index in [9.17, 15) is 32.8 Å². The number of nitrogens with one attached hydrogen (secondary N) is 4. The summed E-state index contributed by atoms with van der Waals surface area (Å²) in [7, 11) is 1.26. The molecule has 0 bridgehead atoms. The van der Waals surface area contributed by atoms with Crippen LogP contribution in [0.25, 0.3) is 0 Å². The van der Waals surface area contributed by atoms with Gasteiger partial charge in [0, 0.05) is 36.9 Å². The molecule has 1 aromatic rings. The van der Waals surface area contributed by atoms with Crippen molar-refractivity contribution in [2.45, 2.75) is 63.1 Å². The minimum Gasteiger partial charge on any atom is -0.446 e. The lowest BCUT2D eigenvalue weighted by Gasteiger charge is -2.20. The molecule has 1 aliphatic heterocycles. The minimum atomic E-state index is -2.91. The summed E-state index contributed by atoms with van der Waals surface area (Å²) in [5, 5.41) is 9.85. The molecule has 4 N–H and O–H groups in total. The summed E-state index contributed by atoms with van der Waals surface area (Å²) in [4.78, 5) is 62.3. The summed E-state index contributed by atoms with van der Waals surface area (Å²) in [6.07, 6.45) is -2.69. The molecule has 1 aliphatic carbocycles. The van der Waals surface area contributed by atoms with Gasteiger partial charge in [-0.3, -0.25) is 24.5 Å². The number of alkyl halides is 2. The highest BCUT2D eigenvalue weighted by atomic mass is 35.5. The van der Waals surface area contributed by atoms with Crippen molar-refractivity contribution in [2.75, 3.05) is 12.4 Å². The van der Waals surface area contributed by atoms with Gasteiger partial charge in [0.15, 0.2) is 0 Å². The highest BCUT2D eigenvalue weighted by Gasteiger charge is 2.41. The molecule has 1 heterocycles. The average molecular weight is 529 g/mol. The molecule has 196 valence electrons. The number of ether oxygens (including phenoxy) is 1. The van der Waals surface area contributed by atoms with E-state index in [1.165, 1.54) is 25.2 Å². The second-order valence-corrected chi connectivity index (χ2v) is 9.42. The summed E-state index contributed by atoms with van der Waals surface area (Å²) in [6.45, 7) is 1.79. The van der Waals surface area contributed by atoms with Crippen LogP contribution in [0.3, 0.4) is 0 Å². The Morgan fingerprint density at radius 3 is 2.58 bits per heavy atom. The van der Waals surface area contributed by atoms with Crippen molar-refractivity contribution < 1.29 is 37.5 Å². The van der Waals surface area contributed by atoms with E-state index in [-0.39, 0.29) is 41.1 Å². The van der Waals surface area contributed by atoms with Gasteiger partial charge >= 0.3 is 6.09 Å². The Hall–Kier alpha value is -3.28. The Morgan fingerprint density at radius 2 is 2.00 bits per heavy atom. The van der Waals surface area contributed by atoms with Gasteiger partial charge in [-0.05, 0) is 44.4 Å². The molecule has 1 aromatic carbocycles. The maximum Gasteiger partial charge on any atom is 0.411 e. The predicted molar refractivity (Wildman–Crippen MR) is 125 cm³/mol. The minimum absolute atomic E-state index is 0.00499. The smallest absolute Gasteiger partial charge is 0.411 e. The summed E-state index contributed by atoms with van der Waals surface area (Å²) >= 11 is 6.02. The van der Waals surface area contributed by atoms with Crippen LogP contribution in [-0.4, -0.2) is 60.8 Å². The molecule has 0 aromatic heterocycles. The number of anilines is 1. The third-order valence-corrected chi connectivity index (χ3v) is 6.32. The van der Waals surface area contributed by atoms with Crippen molar-refractivity contribution >= 4 is 46.9 Å². The second-order valence-electron chi connectivity index (χ2n) is 8.99. The molecule has 10 nitrogen and oxygen atoms in total. The first-order valence-corrected chi connectivity index (χ1v) is 11.8. The first-order chi connectivity index (χ1) is 16.9. The molecule has 4 amide bonds. The predicted octanol–water partition coefficient (Wildman–Crippen LogP) is 2.40. The van der Waals surface area contributed by atoms with Gasteiger partial charge in [-0.2, -0.15) is 0 Å². The topological polar surface area (TPSA) is 143 Å². The monoisotopic (exact) mass is 528 g/mol. The number of amides is 4. The number of rotatable bonds is 8.